The van der Waals surface area contributed by atoms with Crippen molar-refractivity contribution in [1.29, 1.82) is 0 Å². The van der Waals surface area contributed by atoms with Crippen LogP contribution in [0.4, 0.5) is 19.0 Å². The first-order chi connectivity index (χ1) is 12.9. The normalized spacial score (nSPS) is 17.4. The van der Waals surface area contributed by atoms with Crippen molar-refractivity contribution >= 4 is 11.5 Å². The molecule has 6 nitrogen and oxygen atoms in total. The van der Waals surface area contributed by atoms with Crippen LogP contribution in [0.1, 0.15) is 30.3 Å². The Balaban J connectivity index is 1.50. The molecule has 0 radical (unpaired) electrons. The summed E-state index contributed by atoms with van der Waals surface area (Å²) in [5, 5.41) is 21.4. The van der Waals surface area contributed by atoms with Gasteiger partial charge in [0, 0.05) is 13.1 Å². The van der Waals surface area contributed by atoms with E-state index < -0.39 is 18.1 Å². The smallest absolute Gasteiger partial charge is 0.388 e. The molecule has 0 bridgehead atoms. The highest BCUT2D eigenvalue weighted by atomic mass is 19.4. The Bertz CT molecular complexity index is 920. The van der Waals surface area contributed by atoms with Gasteiger partial charge in [0.2, 0.25) is 0 Å². The van der Waals surface area contributed by atoms with Crippen molar-refractivity contribution in [2.45, 2.75) is 25.1 Å². The molecular formula is C18H18F3N5O. The van der Waals surface area contributed by atoms with Gasteiger partial charge in [-0.1, -0.05) is 30.3 Å². The van der Waals surface area contributed by atoms with Gasteiger partial charge in [-0.3, -0.25) is 0 Å². The summed E-state index contributed by atoms with van der Waals surface area (Å²) in [6, 6.07) is 12.6. The van der Waals surface area contributed by atoms with E-state index in [-0.39, 0.29) is 11.6 Å². The van der Waals surface area contributed by atoms with Gasteiger partial charge in [-0.15, -0.1) is 15.3 Å². The molecule has 3 aromatic rings. The second-order valence-electron chi connectivity index (χ2n) is 6.66. The van der Waals surface area contributed by atoms with Crippen LogP contribution in [0.25, 0.3) is 5.65 Å². The second-order valence-corrected chi connectivity index (χ2v) is 6.66. The lowest BCUT2D eigenvalue weighted by molar-refractivity contribution is -0.146. The van der Waals surface area contributed by atoms with Crippen LogP contribution in [0.2, 0.25) is 0 Å². The number of hydrogen-bond acceptors (Lipinski definition) is 5. The Hall–Kier alpha value is -2.68. The lowest BCUT2D eigenvalue weighted by Gasteiger charge is -2.35. The van der Waals surface area contributed by atoms with E-state index in [1.807, 2.05) is 35.2 Å². The minimum Gasteiger partial charge on any atom is -0.388 e. The molecular weight excluding hydrogens is 359 g/mol. The number of nitrogens with zero attached hydrogens (tertiary/aromatic N) is 5. The number of piperidine rings is 1. The maximum absolute atomic E-state index is 13.0. The molecule has 9 heteroatoms. The van der Waals surface area contributed by atoms with Crippen LogP contribution in [0.5, 0.6) is 0 Å². The molecule has 4 rings (SSSR count). The van der Waals surface area contributed by atoms with E-state index in [1.54, 1.807) is 6.07 Å². The van der Waals surface area contributed by atoms with Crippen LogP contribution in [-0.2, 0) is 6.18 Å². The molecule has 0 aliphatic carbocycles. The van der Waals surface area contributed by atoms with Crippen LogP contribution in [0.15, 0.2) is 42.5 Å². The van der Waals surface area contributed by atoms with Crippen LogP contribution >= 0.6 is 0 Å². The topological polar surface area (TPSA) is 66.5 Å². The molecule has 1 aliphatic heterocycles. The Morgan fingerprint density at radius 2 is 1.70 bits per heavy atom. The summed E-state index contributed by atoms with van der Waals surface area (Å²) < 4.78 is 39.8. The van der Waals surface area contributed by atoms with Gasteiger partial charge in [0.25, 0.3) is 5.82 Å². The molecule has 0 amide bonds. The molecule has 3 heterocycles. The van der Waals surface area contributed by atoms with E-state index in [9.17, 15) is 18.3 Å². The molecule has 2 aromatic heterocycles. The molecule has 1 aromatic carbocycles. The van der Waals surface area contributed by atoms with Gasteiger partial charge in [-0.05, 0) is 36.5 Å². The van der Waals surface area contributed by atoms with Crippen molar-refractivity contribution in [1.82, 2.24) is 19.8 Å². The Labute approximate surface area is 153 Å². The van der Waals surface area contributed by atoms with E-state index in [1.165, 1.54) is 6.07 Å². The van der Waals surface area contributed by atoms with Crippen molar-refractivity contribution in [3.05, 3.63) is 53.9 Å². The van der Waals surface area contributed by atoms with E-state index in [0.717, 1.165) is 22.9 Å². The van der Waals surface area contributed by atoms with Gasteiger partial charge in [0.15, 0.2) is 5.65 Å². The molecule has 1 saturated heterocycles. The number of benzene rings is 1. The van der Waals surface area contributed by atoms with Crippen LogP contribution in [-0.4, -0.2) is 38.0 Å². The number of aliphatic hydroxyl groups is 1. The summed E-state index contributed by atoms with van der Waals surface area (Å²) >= 11 is 0. The zero-order chi connectivity index (χ0) is 19.0. The molecule has 1 fully saturated rings. The van der Waals surface area contributed by atoms with E-state index in [0.29, 0.717) is 18.9 Å². The number of anilines is 1. The third kappa shape index (κ3) is 3.46. The first-order valence-corrected chi connectivity index (χ1v) is 8.71. The van der Waals surface area contributed by atoms with E-state index in [2.05, 4.69) is 15.3 Å². The zero-order valence-electron chi connectivity index (χ0n) is 14.3. The van der Waals surface area contributed by atoms with Gasteiger partial charge in [0.1, 0.15) is 5.82 Å². The molecule has 1 aliphatic rings. The van der Waals surface area contributed by atoms with Crippen molar-refractivity contribution in [2.75, 3.05) is 18.0 Å². The van der Waals surface area contributed by atoms with Crippen LogP contribution < -0.4 is 4.90 Å². The highest BCUT2D eigenvalue weighted by Gasteiger charge is 2.38. The second kappa shape index (κ2) is 6.80. The average Bonchev–Trinajstić information content (AvgIpc) is 3.12. The fraction of sp³-hybridized carbons (Fsp3) is 0.389. The molecule has 0 unspecified atom stereocenters. The molecule has 1 N–H and O–H groups in total. The largest absolute Gasteiger partial charge is 0.453 e. The van der Waals surface area contributed by atoms with Gasteiger partial charge in [0.05, 0.1) is 6.10 Å². The molecule has 0 spiro atoms. The first kappa shape index (κ1) is 17.7. The number of alkyl halides is 3. The third-order valence-electron chi connectivity index (χ3n) is 4.95. The first-order valence-electron chi connectivity index (χ1n) is 8.71. The maximum Gasteiger partial charge on any atom is 0.453 e. The number of halogens is 3. The number of aliphatic hydroxyl groups excluding tert-OH is 1. The highest BCUT2D eigenvalue weighted by molar-refractivity contribution is 5.46. The lowest BCUT2D eigenvalue weighted by Crippen LogP contribution is -2.36. The fourth-order valence-corrected chi connectivity index (χ4v) is 3.49. The van der Waals surface area contributed by atoms with Crippen molar-refractivity contribution < 1.29 is 18.3 Å². The summed E-state index contributed by atoms with van der Waals surface area (Å²) in [6.07, 6.45) is -3.70. The molecule has 27 heavy (non-hydrogen) atoms. The average molecular weight is 377 g/mol. The quantitative estimate of drug-likeness (QED) is 0.760. The summed E-state index contributed by atoms with van der Waals surface area (Å²) in [5.74, 6) is -0.581. The predicted octanol–water partition coefficient (Wildman–Crippen LogP) is 3.09. The molecule has 0 saturated carbocycles. The summed E-state index contributed by atoms with van der Waals surface area (Å²) in [5.41, 5.74) is 0.940. The van der Waals surface area contributed by atoms with Gasteiger partial charge in [-0.2, -0.15) is 17.7 Å². The van der Waals surface area contributed by atoms with Crippen LogP contribution in [0, 0.1) is 5.92 Å². The summed E-state index contributed by atoms with van der Waals surface area (Å²) in [4.78, 5) is 1.92. The highest BCUT2D eigenvalue weighted by Crippen LogP contribution is 2.32. The standard InChI is InChI=1S/C18H18F3N5O/c19-18(20,21)17-23-22-14-6-7-15(24-26(14)17)25-10-8-13(9-11-25)16(27)12-4-2-1-3-5-12/h1-7,13,16,27H,8-11H2/t16-/m0/s1. The summed E-state index contributed by atoms with van der Waals surface area (Å²) in [6.45, 7) is 1.22. The van der Waals surface area contributed by atoms with E-state index in [4.69, 9.17) is 0 Å². The Kier molecular flexibility index (Phi) is 4.47. The van der Waals surface area contributed by atoms with Crippen molar-refractivity contribution in [3.63, 3.8) is 0 Å². The Morgan fingerprint density at radius 3 is 2.37 bits per heavy atom. The van der Waals surface area contributed by atoms with Crippen molar-refractivity contribution in [3.8, 4) is 0 Å². The molecule has 142 valence electrons. The fourth-order valence-electron chi connectivity index (χ4n) is 3.49. The number of aromatic nitrogens is 4. The van der Waals surface area contributed by atoms with Gasteiger partial charge in [-0.25, -0.2) is 0 Å². The minimum absolute atomic E-state index is 0.0560. The summed E-state index contributed by atoms with van der Waals surface area (Å²) in [7, 11) is 0. The third-order valence-corrected chi connectivity index (χ3v) is 4.95. The number of fused-ring (bicyclic) bond motifs is 1. The lowest BCUT2D eigenvalue weighted by atomic mass is 9.87. The SMILES string of the molecule is O[C@@H](c1ccccc1)C1CCN(c2ccc3nnc(C(F)(F)F)n3n2)CC1. The predicted molar refractivity (Wildman–Crippen MR) is 92.1 cm³/mol. The van der Waals surface area contributed by atoms with Gasteiger partial charge >= 0.3 is 6.18 Å². The monoisotopic (exact) mass is 377 g/mol. The molecule has 1 atom stereocenters. The Morgan fingerprint density at radius 1 is 1.00 bits per heavy atom. The minimum atomic E-state index is -4.61. The van der Waals surface area contributed by atoms with Crippen LogP contribution in [0.3, 0.4) is 0 Å². The van der Waals surface area contributed by atoms with Gasteiger partial charge < -0.3 is 10.0 Å². The van der Waals surface area contributed by atoms with Crippen molar-refractivity contribution in [2.24, 2.45) is 5.92 Å². The maximum atomic E-state index is 13.0. The zero-order valence-corrected chi connectivity index (χ0v) is 14.3. The number of hydrogen-bond donors (Lipinski definition) is 1. The number of rotatable bonds is 3. The van der Waals surface area contributed by atoms with E-state index >= 15 is 0 Å².